The predicted octanol–water partition coefficient (Wildman–Crippen LogP) is 2.87. The fraction of sp³-hybridized carbons (Fsp3) is 0.562. The number of nitrogens with zero attached hydrogens (tertiary/aromatic N) is 1. The van der Waals surface area contributed by atoms with E-state index in [1.807, 2.05) is 17.9 Å². The van der Waals surface area contributed by atoms with Gasteiger partial charge in [0.2, 0.25) is 5.91 Å². The van der Waals surface area contributed by atoms with Crippen LogP contribution in [-0.2, 0) is 4.79 Å². The molecule has 19 heavy (non-hydrogen) atoms. The molecule has 1 saturated heterocycles. The Balaban J connectivity index is 2.18. The number of hydrogen-bond acceptors (Lipinski definition) is 2. The van der Waals surface area contributed by atoms with Crippen LogP contribution in [0.3, 0.4) is 0 Å². The molecule has 3 nitrogen and oxygen atoms in total. The third-order valence-corrected chi connectivity index (χ3v) is 3.75. The second-order valence-electron chi connectivity index (χ2n) is 5.54. The van der Waals surface area contributed by atoms with Crippen molar-refractivity contribution >= 4 is 5.91 Å². The van der Waals surface area contributed by atoms with Crippen LogP contribution in [0.15, 0.2) is 30.3 Å². The van der Waals surface area contributed by atoms with Crippen molar-refractivity contribution in [3.8, 4) is 0 Å². The standard InChI is InChI=1S/C16H24N2O/c1-13(17)12-16(19)18-11-7-3-6-10-15(18)14-8-4-2-5-9-14/h2,4-5,8-9,13,15H,3,6-7,10-12,17H2,1H3. The van der Waals surface area contributed by atoms with E-state index in [9.17, 15) is 4.79 Å². The Bertz CT molecular complexity index is 402. The molecule has 1 aromatic rings. The molecule has 2 rings (SSSR count). The largest absolute Gasteiger partial charge is 0.336 e. The van der Waals surface area contributed by atoms with Gasteiger partial charge in [-0.3, -0.25) is 4.79 Å². The topological polar surface area (TPSA) is 46.3 Å². The molecule has 0 aromatic heterocycles. The van der Waals surface area contributed by atoms with Gasteiger partial charge < -0.3 is 10.6 Å². The molecule has 0 aliphatic carbocycles. The molecule has 2 N–H and O–H groups in total. The van der Waals surface area contributed by atoms with Crippen molar-refractivity contribution in [1.82, 2.24) is 4.90 Å². The maximum atomic E-state index is 12.4. The zero-order chi connectivity index (χ0) is 13.7. The van der Waals surface area contributed by atoms with E-state index < -0.39 is 0 Å². The third kappa shape index (κ3) is 3.80. The van der Waals surface area contributed by atoms with Crippen molar-refractivity contribution in [1.29, 1.82) is 0 Å². The van der Waals surface area contributed by atoms with Crippen LogP contribution in [0, 0.1) is 0 Å². The van der Waals surface area contributed by atoms with Crippen LogP contribution < -0.4 is 5.73 Å². The highest BCUT2D eigenvalue weighted by molar-refractivity contribution is 5.77. The van der Waals surface area contributed by atoms with E-state index >= 15 is 0 Å². The zero-order valence-electron chi connectivity index (χ0n) is 11.7. The van der Waals surface area contributed by atoms with Gasteiger partial charge in [0.25, 0.3) is 0 Å². The number of benzene rings is 1. The van der Waals surface area contributed by atoms with Gasteiger partial charge in [-0.25, -0.2) is 0 Å². The Hall–Kier alpha value is -1.35. The van der Waals surface area contributed by atoms with E-state index in [-0.39, 0.29) is 18.0 Å². The Morgan fingerprint density at radius 1 is 1.32 bits per heavy atom. The molecule has 104 valence electrons. The van der Waals surface area contributed by atoms with Gasteiger partial charge in [-0.15, -0.1) is 0 Å². The molecule has 2 atom stereocenters. The first-order chi connectivity index (χ1) is 9.18. The van der Waals surface area contributed by atoms with Crippen molar-refractivity contribution in [3.05, 3.63) is 35.9 Å². The molecule has 1 heterocycles. The fourth-order valence-corrected chi connectivity index (χ4v) is 2.82. The maximum Gasteiger partial charge on any atom is 0.224 e. The number of likely N-dealkylation sites (tertiary alicyclic amines) is 1. The van der Waals surface area contributed by atoms with Gasteiger partial charge in [-0.2, -0.15) is 0 Å². The van der Waals surface area contributed by atoms with E-state index in [0.29, 0.717) is 6.42 Å². The monoisotopic (exact) mass is 260 g/mol. The molecule has 1 aliphatic heterocycles. The molecule has 0 bridgehead atoms. The van der Waals surface area contributed by atoms with Gasteiger partial charge in [-0.05, 0) is 25.3 Å². The molecule has 0 spiro atoms. The van der Waals surface area contributed by atoms with E-state index in [1.54, 1.807) is 0 Å². The third-order valence-electron chi connectivity index (χ3n) is 3.75. The second-order valence-corrected chi connectivity index (χ2v) is 5.54. The molecular weight excluding hydrogens is 236 g/mol. The van der Waals surface area contributed by atoms with Crippen molar-refractivity contribution in [3.63, 3.8) is 0 Å². The minimum absolute atomic E-state index is 0.0628. The highest BCUT2D eigenvalue weighted by atomic mass is 16.2. The summed E-state index contributed by atoms with van der Waals surface area (Å²) in [5.74, 6) is 0.200. The molecule has 1 aliphatic rings. The summed E-state index contributed by atoms with van der Waals surface area (Å²) in [7, 11) is 0. The summed E-state index contributed by atoms with van der Waals surface area (Å²) < 4.78 is 0. The van der Waals surface area contributed by atoms with Crippen LogP contribution in [0.2, 0.25) is 0 Å². The van der Waals surface area contributed by atoms with Crippen LogP contribution in [0.25, 0.3) is 0 Å². The molecular formula is C16H24N2O. The molecule has 1 amide bonds. The molecule has 1 fully saturated rings. The number of nitrogens with two attached hydrogens (primary N) is 1. The van der Waals surface area contributed by atoms with Gasteiger partial charge in [0.05, 0.1) is 6.04 Å². The van der Waals surface area contributed by atoms with Crippen molar-refractivity contribution in [2.24, 2.45) is 5.73 Å². The van der Waals surface area contributed by atoms with E-state index in [4.69, 9.17) is 5.73 Å². The number of rotatable bonds is 3. The fourth-order valence-electron chi connectivity index (χ4n) is 2.82. The summed E-state index contributed by atoms with van der Waals surface area (Å²) in [6.07, 6.45) is 5.03. The first-order valence-corrected chi connectivity index (χ1v) is 7.28. The Kier molecular flexibility index (Phi) is 4.97. The summed E-state index contributed by atoms with van der Waals surface area (Å²) in [4.78, 5) is 14.4. The molecule has 1 aromatic carbocycles. The molecule has 0 radical (unpaired) electrons. The number of carbonyl (C=O) groups is 1. The quantitative estimate of drug-likeness (QED) is 0.908. The summed E-state index contributed by atoms with van der Waals surface area (Å²) in [6.45, 7) is 2.76. The summed E-state index contributed by atoms with van der Waals surface area (Å²) in [5, 5.41) is 0. The van der Waals surface area contributed by atoms with Crippen molar-refractivity contribution < 1.29 is 4.79 Å². The molecule has 0 saturated carbocycles. The lowest BCUT2D eigenvalue weighted by atomic mass is 10.0. The first-order valence-electron chi connectivity index (χ1n) is 7.28. The highest BCUT2D eigenvalue weighted by Crippen LogP contribution is 2.30. The smallest absolute Gasteiger partial charge is 0.224 e. The van der Waals surface area contributed by atoms with Crippen molar-refractivity contribution in [2.75, 3.05) is 6.54 Å². The summed E-state index contributed by atoms with van der Waals surface area (Å²) >= 11 is 0. The van der Waals surface area contributed by atoms with Gasteiger partial charge in [0.15, 0.2) is 0 Å². The van der Waals surface area contributed by atoms with Crippen LogP contribution in [0.4, 0.5) is 0 Å². The molecule has 2 unspecified atom stereocenters. The number of carbonyl (C=O) groups excluding carboxylic acids is 1. The lowest BCUT2D eigenvalue weighted by Crippen LogP contribution is -2.37. The number of hydrogen-bond donors (Lipinski definition) is 1. The van der Waals surface area contributed by atoms with Gasteiger partial charge in [0, 0.05) is 19.0 Å². The van der Waals surface area contributed by atoms with Gasteiger partial charge >= 0.3 is 0 Å². The van der Waals surface area contributed by atoms with Crippen LogP contribution in [0.5, 0.6) is 0 Å². The summed E-state index contributed by atoms with van der Waals surface area (Å²) in [5.41, 5.74) is 7.03. The second kappa shape index (κ2) is 6.71. The van der Waals surface area contributed by atoms with E-state index in [1.165, 1.54) is 18.4 Å². The normalized spacial score (nSPS) is 21.8. The predicted molar refractivity (Wildman–Crippen MR) is 77.6 cm³/mol. The summed E-state index contributed by atoms with van der Waals surface area (Å²) in [6, 6.07) is 10.5. The minimum Gasteiger partial charge on any atom is -0.336 e. The number of amides is 1. The van der Waals surface area contributed by atoms with Crippen LogP contribution >= 0.6 is 0 Å². The Morgan fingerprint density at radius 3 is 2.74 bits per heavy atom. The highest BCUT2D eigenvalue weighted by Gasteiger charge is 2.26. The van der Waals surface area contributed by atoms with Gasteiger partial charge in [-0.1, -0.05) is 43.2 Å². The lowest BCUT2D eigenvalue weighted by Gasteiger charge is -2.31. The maximum absolute atomic E-state index is 12.4. The average Bonchev–Trinajstić information content (AvgIpc) is 2.64. The van der Waals surface area contributed by atoms with E-state index in [2.05, 4.69) is 24.3 Å². The average molecular weight is 260 g/mol. The zero-order valence-corrected chi connectivity index (χ0v) is 11.7. The Labute approximate surface area is 115 Å². The van der Waals surface area contributed by atoms with E-state index in [0.717, 1.165) is 19.4 Å². The minimum atomic E-state index is -0.0628. The Morgan fingerprint density at radius 2 is 2.05 bits per heavy atom. The SMILES string of the molecule is CC(N)CC(=O)N1CCCCCC1c1ccccc1. The van der Waals surface area contributed by atoms with Gasteiger partial charge in [0.1, 0.15) is 0 Å². The van der Waals surface area contributed by atoms with Crippen molar-refractivity contribution in [2.45, 2.75) is 51.1 Å². The first kappa shape index (κ1) is 14.1. The van der Waals surface area contributed by atoms with Crippen LogP contribution in [-0.4, -0.2) is 23.4 Å². The lowest BCUT2D eigenvalue weighted by molar-refractivity contribution is -0.133. The van der Waals surface area contributed by atoms with Crippen LogP contribution in [0.1, 0.15) is 50.6 Å². The molecule has 3 heteroatoms.